The first-order valence-electron chi connectivity index (χ1n) is 5.75. The van der Waals surface area contributed by atoms with E-state index in [2.05, 4.69) is 10.6 Å². The van der Waals surface area contributed by atoms with E-state index >= 15 is 0 Å². The Morgan fingerprint density at radius 2 is 1.88 bits per heavy atom. The van der Waals surface area contributed by atoms with Gasteiger partial charge in [0, 0.05) is 17.3 Å². The van der Waals surface area contributed by atoms with Crippen LogP contribution in [0.4, 0.5) is 5.69 Å². The van der Waals surface area contributed by atoms with Crippen molar-refractivity contribution < 1.29 is 4.79 Å². The molecular formula is C13H19ClN2O. The van der Waals surface area contributed by atoms with Crippen LogP contribution in [0.25, 0.3) is 0 Å². The van der Waals surface area contributed by atoms with Crippen molar-refractivity contribution in [2.45, 2.75) is 13.8 Å². The summed E-state index contributed by atoms with van der Waals surface area (Å²) in [6.07, 6.45) is 0. The first kappa shape index (κ1) is 14.0. The Labute approximate surface area is 108 Å². The average molecular weight is 255 g/mol. The minimum Gasteiger partial charge on any atom is -0.326 e. The minimum atomic E-state index is -0.0318. The summed E-state index contributed by atoms with van der Waals surface area (Å²) in [6.45, 7) is 4.77. The molecule has 0 aliphatic rings. The predicted molar refractivity (Wildman–Crippen MR) is 72.3 cm³/mol. The van der Waals surface area contributed by atoms with Gasteiger partial charge in [-0.2, -0.15) is 0 Å². The van der Waals surface area contributed by atoms with Crippen molar-refractivity contribution in [2.24, 2.45) is 11.8 Å². The zero-order chi connectivity index (χ0) is 12.8. The quantitative estimate of drug-likeness (QED) is 0.848. The van der Waals surface area contributed by atoms with Gasteiger partial charge in [0.05, 0.1) is 5.92 Å². The Morgan fingerprint density at radius 3 is 2.35 bits per heavy atom. The second-order valence-corrected chi connectivity index (χ2v) is 4.84. The third-order valence-corrected chi connectivity index (χ3v) is 2.93. The van der Waals surface area contributed by atoms with Crippen molar-refractivity contribution in [2.75, 3.05) is 18.9 Å². The Balaban J connectivity index is 2.66. The van der Waals surface area contributed by atoms with Crippen LogP contribution in [0.5, 0.6) is 0 Å². The summed E-state index contributed by atoms with van der Waals surface area (Å²) in [5, 5.41) is 6.61. The van der Waals surface area contributed by atoms with E-state index in [1.54, 1.807) is 24.3 Å². The molecule has 4 heteroatoms. The molecule has 0 saturated carbocycles. The van der Waals surface area contributed by atoms with E-state index in [-0.39, 0.29) is 11.8 Å². The van der Waals surface area contributed by atoms with Gasteiger partial charge >= 0.3 is 0 Å². The summed E-state index contributed by atoms with van der Waals surface area (Å²) in [7, 11) is 1.85. The van der Waals surface area contributed by atoms with E-state index < -0.39 is 0 Å². The van der Waals surface area contributed by atoms with Crippen molar-refractivity contribution in [3.63, 3.8) is 0 Å². The normalized spacial score (nSPS) is 12.5. The Kier molecular flexibility index (Phi) is 5.45. The lowest BCUT2D eigenvalue weighted by atomic mass is 9.95. The molecule has 1 aromatic rings. The van der Waals surface area contributed by atoms with E-state index in [0.29, 0.717) is 17.5 Å². The summed E-state index contributed by atoms with van der Waals surface area (Å²) < 4.78 is 0. The van der Waals surface area contributed by atoms with Crippen LogP contribution in [0.3, 0.4) is 0 Å². The fourth-order valence-electron chi connectivity index (χ4n) is 1.62. The second kappa shape index (κ2) is 6.62. The molecule has 2 N–H and O–H groups in total. The highest BCUT2D eigenvalue weighted by atomic mass is 35.5. The molecule has 1 aromatic carbocycles. The standard InChI is InChI=1S/C13H19ClN2O/c1-9(2)12(8-15-3)13(17)16-11-6-4-10(14)5-7-11/h4-7,9,12,15H,8H2,1-3H3,(H,16,17). The predicted octanol–water partition coefficient (Wildman–Crippen LogP) is 2.77. The first-order valence-corrected chi connectivity index (χ1v) is 6.13. The summed E-state index contributed by atoms with van der Waals surface area (Å²) >= 11 is 5.79. The number of hydrogen-bond acceptors (Lipinski definition) is 2. The van der Waals surface area contributed by atoms with Gasteiger partial charge in [0.25, 0.3) is 0 Å². The van der Waals surface area contributed by atoms with Gasteiger partial charge in [-0.3, -0.25) is 4.79 Å². The van der Waals surface area contributed by atoms with Crippen LogP contribution in [-0.2, 0) is 4.79 Å². The molecule has 0 fully saturated rings. The molecular weight excluding hydrogens is 236 g/mol. The fourth-order valence-corrected chi connectivity index (χ4v) is 1.75. The maximum Gasteiger partial charge on any atom is 0.229 e. The van der Waals surface area contributed by atoms with Gasteiger partial charge in [-0.15, -0.1) is 0 Å². The average Bonchev–Trinajstić information content (AvgIpc) is 2.28. The largest absolute Gasteiger partial charge is 0.326 e. The summed E-state index contributed by atoms with van der Waals surface area (Å²) in [5.41, 5.74) is 0.779. The number of carbonyl (C=O) groups excluding carboxylic acids is 1. The lowest BCUT2D eigenvalue weighted by Gasteiger charge is -2.19. The Hall–Kier alpha value is -1.06. The van der Waals surface area contributed by atoms with Crippen molar-refractivity contribution in [3.8, 4) is 0 Å². The molecule has 1 amide bonds. The third-order valence-electron chi connectivity index (χ3n) is 2.68. The van der Waals surface area contributed by atoms with E-state index in [4.69, 9.17) is 11.6 Å². The van der Waals surface area contributed by atoms with Crippen molar-refractivity contribution in [1.82, 2.24) is 5.32 Å². The van der Waals surface area contributed by atoms with Crippen LogP contribution in [0, 0.1) is 11.8 Å². The van der Waals surface area contributed by atoms with E-state index in [0.717, 1.165) is 5.69 Å². The highest BCUT2D eigenvalue weighted by molar-refractivity contribution is 6.30. The molecule has 0 aliphatic heterocycles. The van der Waals surface area contributed by atoms with Gasteiger partial charge in [-0.25, -0.2) is 0 Å². The molecule has 0 aliphatic carbocycles. The molecule has 0 bridgehead atoms. The van der Waals surface area contributed by atoms with Gasteiger partial charge in [0.1, 0.15) is 0 Å². The van der Waals surface area contributed by atoms with E-state index in [1.165, 1.54) is 0 Å². The Morgan fingerprint density at radius 1 is 1.29 bits per heavy atom. The van der Waals surface area contributed by atoms with Crippen LogP contribution >= 0.6 is 11.6 Å². The van der Waals surface area contributed by atoms with Crippen molar-refractivity contribution in [1.29, 1.82) is 0 Å². The maximum absolute atomic E-state index is 12.0. The summed E-state index contributed by atoms with van der Waals surface area (Å²) in [4.78, 5) is 12.0. The Bertz CT molecular complexity index is 362. The summed E-state index contributed by atoms with van der Waals surface area (Å²) in [5.74, 6) is 0.308. The molecule has 0 heterocycles. The number of nitrogens with one attached hydrogen (secondary N) is 2. The van der Waals surface area contributed by atoms with Gasteiger partial charge in [-0.1, -0.05) is 25.4 Å². The van der Waals surface area contributed by atoms with Crippen molar-refractivity contribution in [3.05, 3.63) is 29.3 Å². The van der Waals surface area contributed by atoms with E-state index in [1.807, 2.05) is 20.9 Å². The van der Waals surface area contributed by atoms with Gasteiger partial charge < -0.3 is 10.6 Å². The minimum absolute atomic E-state index is 0.0318. The fraction of sp³-hybridized carbons (Fsp3) is 0.462. The second-order valence-electron chi connectivity index (χ2n) is 4.40. The number of amides is 1. The lowest BCUT2D eigenvalue weighted by molar-refractivity contribution is -0.120. The van der Waals surface area contributed by atoms with Crippen LogP contribution in [-0.4, -0.2) is 19.5 Å². The smallest absolute Gasteiger partial charge is 0.229 e. The zero-order valence-electron chi connectivity index (χ0n) is 10.5. The number of rotatable bonds is 5. The molecule has 3 nitrogen and oxygen atoms in total. The number of carbonyl (C=O) groups is 1. The molecule has 1 atom stereocenters. The molecule has 1 rings (SSSR count). The topological polar surface area (TPSA) is 41.1 Å². The number of halogens is 1. The van der Waals surface area contributed by atoms with E-state index in [9.17, 15) is 4.79 Å². The van der Waals surface area contributed by atoms with Crippen LogP contribution in [0.1, 0.15) is 13.8 Å². The number of anilines is 1. The molecule has 17 heavy (non-hydrogen) atoms. The number of benzene rings is 1. The van der Waals surface area contributed by atoms with Crippen LogP contribution in [0.15, 0.2) is 24.3 Å². The lowest BCUT2D eigenvalue weighted by Crippen LogP contribution is -2.34. The van der Waals surface area contributed by atoms with Gasteiger partial charge in [0.2, 0.25) is 5.91 Å². The molecule has 0 aromatic heterocycles. The maximum atomic E-state index is 12.0. The highest BCUT2D eigenvalue weighted by Gasteiger charge is 2.21. The monoisotopic (exact) mass is 254 g/mol. The SMILES string of the molecule is CNCC(C(=O)Nc1ccc(Cl)cc1)C(C)C. The molecule has 0 radical (unpaired) electrons. The molecule has 1 unspecified atom stereocenters. The van der Waals surface area contributed by atoms with Crippen LogP contribution < -0.4 is 10.6 Å². The third kappa shape index (κ3) is 4.36. The highest BCUT2D eigenvalue weighted by Crippen LogP contribution is 2.16. The molecule has 0 saturated heterocycles. The van der Waals surface area contributed by atoms with Crippen molar-refractivity contribution >= 4 is 23.2 Å². The van der Waals surface area contributed by atoms with Gasteiger partial charge in [0.15, 0.2) is 0 Å². The van der Waals surface area contributed by atoms with Gasteiger partial charge in [-0.05, 0) is 37.2 Å². The summed E-state index contributed by atoms with van der Waals surface area (Å²) in [6, 6.07) is 7.13. The molecule has 0 spiro atoms. The first-order chi connectivity index (χ1) is 8.04. The van der Waals surface area contributed by atoms with Crippen LogP contribution in [0.2, 0.25) is 5.02 Å². The zero-order valence-corrected chi connectivity index (χ0v) is 11.2. The molecule has 94 valence electrons. The number of hydrogen-bond donors (Lipinski definition) is 2.